The van der Waals surface area contributed by atoms with E-state index in [2.05, 4.69) is 10.3 Å². The number of nitrogens with one attached hydrogen (secondary N) is 1. The van der Waals surface area contributed by atoms with Crippen molar-refractivity contribution in [2.75, 3.05) is 6.54 Å². The Kier molecular flexibility index (Phi) is 4.99. The maximum Gasteiger partial charge on any atom is 0.416 e. The van der Waals surface area contributed by atoms with Gasteiger partial charge >= 0.3 is 12.1 Å². The number of carboxylic acids is 1. The summed E-state index contributed by atoms with van der Waals surface area (Å²) in [5, 5.41) is 12.8. The highest BCUT2D eigenvalue weighted by Crippen LogP contribution is 2.31. The van der Waals surface area contributed by atoms with Gasteiger partial charge in [-0.2, -0.15) is 13.2 Å². The minimum Gasteiger partial charge on any atom is -0.481 e. The van der Waals surface area contributed by atoms with Crippen LogP contribution in [0.15, 0.2) is 29.6 Å². The molecule has 0 atom stereocenters. The zero-order valence-electron chi connectivity index (χ0n) is 11.6. The SMILES string of the molecule is O=C(O)CCNC(=O)c1csc(-c2ccc(C(F)(F)F)cc2)n1. The van der Waals surface area contributed by atoms with E-state index in [9.17, 15) is 22.8 Å². The van der Waals surface area contributed by atoms with E-state index in [0.717, 1.165) is 23.5 Å². The average Bonchev–Trinajstić information content (AvgIpc) is 2.96. The van der Waals surface area contributed by atoms with Gasteiger partial charge in [-0.3, -0.25) is 9.59 Å². The van der Waals surface area contributed by atoms with Crippen LogP contribution in [0, 0.1) is 0 Å². The number of carbonyl (C=O) groups is 2. The first-order valence-electron chi connectivity index (χ1n) is 6.40. The fraction of sp³-hybridized carbons (Fsp3) is 0.214. The Bertz CT molecular complexity index is 711. The normalized spacial score (nSPS) is 11.3. The molecule has 2 aromatic rings. The first-order valence-corrected chi connectivity index (χ1v) is 7.28. The minimum atomic E-state index is -4.41. The van der Waals surface area contributed by atoms with Crippen molar-refractivity contribution in [3.8, 4) is 10.6 Å². The molecule has 0 aliphatic rings. The molecule has 0 aliphatic heterocycles. The molecule has 0 aliphatic carbocycles. The van der Waals surface area contributed by atoms with Gasteiger partial charge in [-0.1, -0.05) is 12.1 Å². The third-order valence-electron chi connectivity index (χ3n) is 2.82. The van der Waals surface area contributed by atoms with Gasteiger partial charge in [-0.25, -0.2) is 4.98 Å². The highest BCUT2D eigenvalue weighted by Gasteiger charge is 2.30. The second-order valence-corrected chi connectivity index (χ2v) is 5.37. The molecular formula is C14H11F3N2O3S. The predicted octanol–water partition coefficient (Wildman–Crippen LogP) is 3.03. The predicted molar refractivity (Wildman–Crippen MR) is 77.1 cm³/mol. The third kappa shape index (κ3) is 4.52. The van der Waals surface area contributed by atoms with Crippen molar-refractivity contribution in [3.05, 3.63) is 40.9 Å². The molecule has 2 rings (SSSR count). The number of benzene rings is 1. The zero-order chi connectivity index (χ0) is 17.0. The number of carboxylic acid groups (broad SMARTS) is 1. The second kappa shape index (κ2) is 6.78. The van der Waals surface area contributed by atoms with Crippen molar-refractivity contribution in [2.45, 2.75) is 12.6 Å². The molecule has 5 nitrogen and oxygen atoms in total. The fourth-order valence-electron chi connectivity index (χ4n) is 1.69. The lowest BCUT2D eigenvalue weighted by atomic mass is 10.1. The molecular weight excluding hydrogens is 333 g/mol. The van der Waals surface area contributed by atoms with Crippen LogP contribution in [0.2, 0.25) is 0 Å². The first-order chi connectivity index (χ1) is 10.8. The smallest absolute Gasteiger partial charge is 0.416 e. The van der Waals surface area contributed by atoms with Crippen LogP contribution in [0.3, 0.4) is 0 Å². The van der Waals surface area contributed by atoms with Gasteiger partial charge < -0.3 is 10.4 Å². The lowest BCUT2D eigenvalue weighted by Crippen LogP contribution is -2.26. The number of aliphatic carboxylic acids is 1. The monoisotopic (exact) mass is 344 g/mol. The fourth-order valence-corrected chi connectivity index (χ4v) is 2.49. The number of hydrogen-bond donors (Lipinski definition) is 2. The average molecular weight is 344 g/mol. The van der Waals surface area contributed by atoms with Gasteiger partial charge in [-0.05, 0) is 12.1 Å². The molecule has 1 aromatic heterocycles. The molecule has 0 saturated heterocycles. The van der Waals surface area contributed by atoms with E-state index in [0.29, 0.717) is 10.6 Å². The topological polar surface area (TPSA) is 79.3 Å². The second-order valence-electron chi connectivity index (χ2n) is 4.51. The number of nitrogens with zero attached hydrogens (tertiary/aromatic N) is 1. The van der Waals surface area contributed by atoms with Gasteiger partial charge in [0, 0.05) is 17.5 Å². The number of rotatable bonds is 5. The summed E-state index contributed by atoms with van der Waals surface area (Å²) >= 11 is 1.11. The van der Waals surface area contributed by atoms with Crippen LogP contribution in [0.5, 0.6) is 0 Å². The molecule has 9 heteroatoms. The molecule has 0 saturated carbocycles. The van der Waals surface area contributed by atoms with Crippen LogP contribution in [0.1, 0.15) is 22.5 Å². The Labute approximate surface area is 132 Å². The van der Waals surface area contributed by atoms with E-state index < -0.39 is 23.6 Å². The van der Waals surface area contributed by atoms with E-state index >= 15 is 0 Å². The van der Waals surface area contributed by atoms with Crippen molar-refractivity contribution in [3.63, 3.8) is 0 Å². The minimum absolute atomic E-state index is 0.0265. The number of thiazole rings is 1. The van der Waals surface area contributed by atoms with E-state index in [4.69, 9.17) is 5.11 Å². The van der Waals surface area contributed by atoms with E-state index in [1.807, 2.05) is 0 Å². The standard InChI is InChI=1S/C14H11F3N2O3S/c15-14(16,17)9-3-1-8(2-4-9)13-19-10(7-23-13)12(22)18-6-5-11(20)21/h1-4,7H,5-6H2,(H,18,22)(H,20,21). The van der Waals surface area contributed by atoms with Crippen molar-refractivity contribution in [1.82, 2.24) is 10.3 Å². The number of hydrogen-bond acceptors (Lipinski definition) is 4. The Balaban J connectivity index is 2.07. The third-order valence-corrected chi connectivity index (χ3v) is 3.71. The summed E-state index contributed by atoms with van der Waals surface area (Å²) in [4.78, 5) is 26.2. The molecule has 0 radical (unpaired) electrons. The summed E-state index contributed by atoms with van der Waals surface area (Å²) in [6.45, 7) is -0.0265. The van der Waals surface area contributed by atoms with E-state index in [-0.39, 0.29) is 18.7 Å². The van der Waals surface area contributed by atoms with Crippen LogP contribution in [0.4, 0.5) is 13.2 Å². The molecule has 122 valence electrons. The van der Waals surface area contributed by atoms with Gasteiger partial charge in [0.2, 0.25) is 0 Å². The molecule has 1 heterocycles. The molecule has 1 amide bonds. The van der Waals surface area contributed by atoms with Crippen LogP contribution < -0.4 is 5.32 Å². The summed E-state index contributed by atoms with van der Waals surface area (Å²) in [6, 6.07) is 4.47. The molecule has 2 N–H and O–H groups in total. The Morgan fingerprint density at radius 1 is 1.22 bits per heavy atom. The van der Waals surface area contributed by atoms with Gasteiger partial charge in [0.1, 0.15) is 10.7 Å². The number of aromatic nitrogens is 1. The van der Waals surface area contributed by atoms with Crippen molar-refractivity contribution in [1.29, 1.82) is 0 Å². The van der Waals surface area contributed by atoms with Gasteiger partial charge in [-0.15, -0.1) is 11.3 Å². The first kappa shape index (κ1) is 16.9. The molecule has 23 heavy (non-hydrogen) atoms. The largest absolute Gasteiger partial charge is 0.481 e. The summed E-state index contributed by atoms with van der Waals surface area (Å²) in [5.74, 6) is -1.56. The van der Waals surface area contributed by atoms with Crippen LogP contribution in [0.25, 0.3) is 10.6 Å². The highest BCUT2D eigenvalue weighted by atomic mass is 32.1. The zero-order valence-corrected chi connectivity index (χ0v) is 12.4. The van der Waals surface area contributed by atoms with E-state index in [1.54, 1.807) is 0 Å². The number of alkyl halides is 3. The van der Waals surface area contributed by atoms with E-state index in [1.165, 1.54) is 17.5 Å². The summed E-state index contributed by atoms with van der Waals surface area (Å²) in [5.41, 5.74) is -0.202. The summed E-state index contributed by atoms with van der Waals surface area (Å²) in [7, 11) is 0. The number of amides is 1. The molecule has 0 fully saturated rings. The Morgan fingerprint density at radius 2 is 1.87 bits per heavy atom. The van der Waals surface area contributed by atoms with Gasteiger partial charge in [0.15, 0.2) is 0 Å². The van der Waals surface area contributed by atoms with Crippen molar-refractivity contribution < 1.29 is 27.9 Å². The Hall–Kier alpha value is -2.42. The highest BCUT2D eigenvalue weighted by molar-refractivity contribution is 7.13. The lowest BCUT2D eigenvalue weighted by molar-refractivity contribution is -0.138. The Morgan fingerprint density at radius 3 is 2.43 bits per heavy atom. The summed E-state index contributed by atoms with van der Waals surface area (Å²) < 4.78 is 37.5. The summed E-state index contributed by atoms with van der Waals surface area (Å²) in [6.07, 6.45) is -4.61. The maximum absolute atomic E-state index is 12.5. The quantitative estimate of drug-likeness (QED) is 0.874. The van der Waals surface area contributed by atoms with Crippen LogP contribution in [-0.4, -0.2) is 28.5 Å². The van der Waals surface area contributed by atoms with Gasteiger partial charge in [0.05, 0.1) is 12.0 Å². The number of halogens is 3. The van der Waals surface area contributed by atoms with Crippen LogP contribution >= 0.6 is 11.3 Å². The molecule has 0 unspecified atom stereocenters. The lowest BCUT2D eigenvalue weighted by Gasteiger charge is -2.06. The van der Waals surface area contributed by atoms with Gasteiger partial charge in [0.25, 0.3) is 5.91 Å². The number of carbonyl (C=O) groups excluding carboxylic acids is 1. The maximum atomic E-state index is 12.5. The van der Waals surface area contributed by atoms with Crippen molar-refractivity contribution >= 4 is 23.2 Å². The van der Waals surface area contributed by atoms with Crippen molar-refractivity contribution in [2.24, 2.45) is 0 Å². The molecule has 1 aromatic carbocycles. The molecule has 0 spiro atoms. The van der Waals surface area contributed by atoms with Crippen LogP contribution in [-0.2, 0) is 11.0 Å². The molecule has 0 bridgehead atoms.